The van der Waals surface area contributed by atoms with E-state index in [1.807, 2.05) is 0 Å². The Morgan fingerprint density at radius 3 is 1.13 bits per heavy atom. The minimum atomic E-state index is -1.99. The highest BCUT2D eigenvalue weighted by Gasteiger charge is 2.53. The highest BCUT2D eigenvalue weighted by Crippen LogP contribution is 2.20. The van der Waals surface area contributed by atoms with Gasteiger partial charge in [0.2, 0.25) is 8.64 Å². The third-order valence-electron chi connectivity index (χ3n) is 5.20. The normalized spacial score (nSPS) is 14.6. The Balaban J connectivity index is 6.02. The first-order valence-corrected chi connectivity index (χ1v) is 13.6. The lowest BCUT2D eigenvalue weighted by Gasteiger charge is -2.53. The molecule has 0 fully saturated rings. The third kappa shape index (κ3) is 5.62. The van der Waals surface area contributed by atoms with Crippen molar-refractivity contribution in [2.24, 2.45) is 0 Å². The second-order valence-corrected chi connectivity index (χ2v) is 18.1. The van der Waals surface area contributed by atoms with E-state index in [0.717, 1.165) is 12.8 Å². The summed E-state index contributed by atoms with van der Waals surface area (Å²) >= 11 is 0. The maximum Gasteiger partial charge on any atom is 0.302 e. The topological polar surface area (TPSA) is 33.8 Å². The minimum absolute atomic E-state index is 0.147. The van der Waals surface area contributed by atoms with Crippen LogP contribution in [-0.4, -0.2) is 83.8 Å². The van der Waals surface area contributed by atoms with Crippen molar-refractivity contribution in [2.75, 3.05) is 42.3 Å². The molecule has 23 heavy (non-hydrogen) atoms. The van der Waals surface area contributed by atoms with Crippen molar-refractivity contribution >= 4 is 16.7 Å². The molecule has 0 bridgehead atoms. The van der Waals surface area contributed by atoms with Crippen LogP contribution in [0.25, 0.3) is 0 Å². The lowest BCUT2D eigenvalue weighted by molar-refractivity contribution is 0.378. The molecule has 2 N–H and O–H groups in total. The van der Waals surface area contributed by atoms with Crippen molar-refractivity contribution in [3.05, 3.63) is 0 Å². The van der Waals surface area contributed by atoms with Gasteiger partial charge < -0.3 is 23.7 Å². The van der Waals surface area contributed by atoms with E-state index < -0.39 is 16.7 Å². The molecular formula is C16H43N5Si2. The third-order valence-corrected chi connectivity index (χ3v) is 19.9. The molecule has 0 aliphatic carbocycles. The van der Waals surface area contributed by atoms with Crippen molar-refractivity contribution in [3.63, 3.8) is 0 Å². The summed E-state index contributed by atoms with van der Waals surface area (Å²) in [6, 6.07) is 0. The molecule has 0 atom stereocenters. The smallest absolute Gasteiger partial charge is 0.302 e. The summed E-state index contributed by atoms with van der Waals surface area (Å²) in [5, 5.41) is 0. The lowest BCUT2D eigenvalue weighted by atomic mass is 10.0. The Morgan fingerprint density at radius 1 is 0.696 bits per heavy atom. The average molecular weight is 362 g/mol. The van der Waals surface area contributed by atoms with Gasteiger partial charge in [-0.3, -0.25) is 0 Å². The summed E-state index contributed by atoms with van der Waals surface area (Å²) in [6.07, 6.45) is 2.26. The van der Waals surface area contributed by atoms with Gasteiger partial charge in [-0.1, -0.05) is 13.8 Å². The first-order valence-electron chi connectivity index (χ1n) is 8.84. The van der Waals surface area contributed by atoms with Gasteiger partial charge in [-0.15, -0.1) is 0 Å². The molecule has 0 heterocycles. The standard InChI is InChI=1S/C16H43N5Si2/c1-13-15(3,4)17-22(18-16(5,6)14-2)23(19(7)8,20(9)10)21(11)12/h17-18,22H,13-14H2,1-12H3. The average Bonchev–Trinajstić information content (AvgIpc) is 2.37. The van der Waals surface area contributed by atoms with E-state index in [-0.39, 0.29) is 11.1 Å². The predicted molar refractivity (Wildman–Crippen MR) is 109 cm³/mol. The van der Waals surface area contributed by atoms with Gasteiger partial charge in [-0.25, -0.2) is 0 Å². The molecule has 5 nitrogen and oxygen atoms in total. The van der Waals surface area contributed by atoms with Crippen LogP contribution in [0.5, 0.6) is 0 Å². The van der Waals surface area contributed by atoms with E-state index in [0.29, 0.717) is 0 Å². The van der Waals surface area contributed by atoms with Gasteiger partial charge in [-0.05, 0) is 82.8 Å². The molecule has 0 rings (SSSR count). The number of nitrogens with one attached hydrogen (secondary N) is 2. The highest BCUT2D eigenvalue weighted by atomic mass is 29.3. The van der Waals surface area contributed by atoms with Crippen LogP contribution in [0.1, 0.15) is 54.4 Å². The van der Waals surface area contributed by atoms with Gasteiger partial charge >= 0.3 is 8.08 Å². The molecular weight excluding hydrogens is 318 g/mol. The van der Waals surface area contributed by atoms with Gasteiger partial charge in [-0.2, -0.15) is 0 Å². The summed E-state index contributed by atoms with van der Waals surface area (Å²) in [4.78, 5) is 8.17. The molecule has 0 aromatic rings. The van der Waals surface area contributed by atoms with E-state index in [2.05, 4.69) is 107 Å². The number of nitrogens with zero attached hydrogens (tertiary/aromatic N) is 3. The van der Waals surface area contributed by atoms with Crippen molar-refractivity contribution in [2.45, 2.75) is 65.5 Å². The van der Waals surface area contributed by atoms with E-state index in [1.54, 1.807) is 0 Å². The van der Waals surface area contributed by atoms with Gasteiger partial charge in [0.05, 0.1) is 0 Å². The Bertz CT molecular complexity index is 317. The van der Waals surface area contributed by atoms with Crippen LogP contribution in [-0.2, 0) is 0 Å². The molecule has 0 saturated carbocycles. The first-order chi connectivity index (χ1) is 10.3. The fraction of sp³-hybridized carbons (Fsp3) is 1.00. The van der Waals surface area contributed by atoms with Gasteiger partial charge in [0, 0.05) is 11.1 Å². The van der Waals surface area contributed by atoms with Crippen molar-refractivity contribution < 1.29 is 0 Å². The largest absolute Gasteiger partial charge is 0.322 e. The zero-order chi connectivity index (χ0) is 18.6. The summed E-state index contributed by atoms with van der Waals surface area (Å²) in [5.41, 5.74) is 0.294. The second kappa shape index (κ2) is 8.55. The Labute approximate surface area is 148 Å². The monoisotopic (exact) mass is 361 g/mol. The molecule has 0 amide bonds. The summed E-state index contributed by atoms with van der Waals surface area (Å²) in [5.74, 6) is 0. The van der Waals surface area contributed by atoms with Crippen molar-refractivity contribution in [1.82, 2.24) is 23.7 Å². The molecule has 0 saturated heterocycles. The molecule has 0 aliphatic rings. The highest BCUT2D eigenvalue weighted by molar-refractivity contribution is 7.27. The molecule has 0 spiro atoms. The molecule has 0 aliphatic heterocycles. The van der Waals surface area contributed by atoms with E-state index in [1.165, 1.54) is 0 Å². The van der Waals surface area contributed by atoms with Crippen LogP contribution in [0, 0.1) is 0 Å². The quantitative estimate of drug-likeness (QED) is 0.576. The van der Waals surface area contributed by atoms with Crippen LogP contribution in [0.15, 0.2) is 0 Å². The Morgan fingerprint density at radius 2 is 0.957 bits per heavy atom. The van der Waals surface area contributed by atoms with E-state index >= 15 is 0 Å². The molecule has 0 aromatic carbocycles. The molecule has 0 radical (unpaired) electrons. The Kier molecular flexibility index (Phi) is 8.64. The maximum absolute atomic E-state index is 4.08. The molecule has 140 valence electrons. The second-order valence-electron chi connectivity index (χ2n) is 8.57. The van der Waals surface area contributed by atoms with Crippen LogP contribution in [0.4, 0.5) is 0 Å². The van der Waals surface area contributed by atoms with Crippen LogP contribution in [0.2, 0.25) is 0 Å². The molecule has 0 unspecified atom stereocenters. The van der Waals surface area contributed by atoms with Gasteiger partial charge in [0.15, 0.2) is 0 Å². The lowest BCUT2D eigenvalue weighted by Crippen LogP contribution is -2.87. The first kappa shape index (κ1) is 23.2. The summed E-state index contributed by atoms with van der Waals surface area (Å²) in [7, 11) is 9.94. The van der Waals surface area contributed by atoms with Gasteiger partial charge in [0.1, 0.15) is 0 Å². The molecule has 0 aromatic heterocycles. The van der Waals surface area contributed by atoms with E-state index in [4.69, 9.17) is 0 Å². The van der Waals surface area contributed by atoms with Gasteiger partial charge in [0.25, 0.3) is 0 Å². The summed E-state index contributed by atoms with van der Waals surface area (Å²) < 4.78 is 7.46. The fourth-order valence-electron chi connectivity index (χ4n) is 3.19. The van der Waals surface area contributed by atoms with Crippen LogP contribution < -0.4 is 9.96 Å². The number of hydrogen-bond acceptors (Lipinski definition) is 5. The zero-order valence-corrected chi connectivity index (χ0v) is 20.0. The molecule has 7 heteroatoms. The maximum atomic E-state index is 4.08. The summed E-state index contributed by atoms with van der Waals surface area (Å²) in [6.45, 7) is 13.9. The van der Waals surface area contributed by atoms with Crippen LogP contribution in [0.3, 0.4) is 0 Å². The number of rotatable bonds is 10. The zero-order valence-electron chi connectivity index (χ0n) is 17.8. The fourth-order valence-corrected chi connectivity index (χ4v) is 17.7. The van der Waals surface area contributed by atoms with Crippen molar-refractivity contribution in [3.8, 4) is 0 Å². The minimum Gasteiger partial charge on any atom is -0.322 e. The van der Waals surface area contributed by atoms with Crippen LogP contribution >= 0.6 is 0 Å². The van der Waals surface area contributed by atoms with Crippen molar-refractivity contribution in [1.29, 1.82) is 0 Å². The van der Waals surface area contributed by atoms with E-state index in [9.17, 15) is 0 Å². The number of hydrogen-bond donors (Lipinski definition) is 2. The predicted octanol–water partition coefficient (Wildman–Crippen LogP) is 1.47. The Hall–Kier alpha value is 0.234. The SMILES string of the molecule is CCC(C)(C)N[SiH](NC(C)(C)CC)[Si](N(C)C)(N(C)C)N(C)C.